The van der Waals surface area contributed by atoms with Crippen LogP contribution in [0.15, 0.2) is 42.6 Å². The van der Waals surface area contributed by atoms with E-state index in [9.17, 15) is 9.90 Å². The number of benzene rings is 2. The van der Waals surface area contributed by atoms with E-state index in [0.717, 1.165) is 35.5 Å². The summed E-state index contributed by atoms with van der Waals surface area (Å²) in [5.74, 6) is 0.315. The number of morpholine rings is 1. The summed E-state index contributed by atoms with van der Waals surface area (Å²) in [4.78, 5) is 18.3. The van der Waals surface area contributed by atoms with Crippen LogP contribution in [0.3, 0.4) is 0 Å². The summed E-state index contributed by atoms with van der Waals surface area (Å²) in [5, 5.41) is 9.61. The summed E-state index contributed by atoms with van der Waals surface area (Å²) in [7, 11) is 1.59. The molecule has 0 saturated carbocycles. The van der Waals surface area contributed by atoms with Crippen LogP contribution in [0, 0.1) is 13.8 Å². The molecule has 33 heavy (non-hydrogen) atoms. The first-order valence-electron chi connectivity index (χ1n) is 10.7. The Morgan fingerprint density at radius 3 is 2.42 bits per heavy atom. The molecule has 1 aliphatic rings. The molecular formula is C25H27N3O5. The minimum Gasteiger partial charge on any atom is -0.496 e. The van der Waals surface area contributed by atoms with Gasteiger partial charge in [0.25, 0.3) is 0 Å². The highest BCUT2D eigenvalue weighted by Crippen LogP contribution is 2.43. The number of ether oxygens (including phenoxy) is 3. The zero-order valence-electron chi connectivity index (χ0n) is 18.9. The zero-order chi connectivity index (χ0) is 23.5. The van der Waals surface area contributed by atoms with E-state index < -0.39 is 5.97 Å². The van der Waals surface area contributed by atoms with E-state index in [1.807, 2.05) is 50.2 Å². The highest BCUT2D eigenvalue weighted by molar-refractivity contribution is 6.00. The molecule has 1 fully saturated rings. The van der Waals surface area contributed by atoms with Crippen LogP contribution in [-0.4, -0.2) is 49.5 Å². The lowest BCUT2D eigenvalue weighted by molar-refractivity contribution is 0.0697. The van der Waals surface area contributed by atoms with E-state index >= 15 is 0 Å². The van der Waals surface area contributed by atoms with Gasteiger partial charge in [-0.05, 0) is 60.9 Å². The second-order valence-corrected chi connectivity index (χ2v) is 7.85. The van der Waals surface area contributed by atoms with Crippen LogP contribution < -0.4 is 20.1 Å². The molecule has 0 unspecified atom stereocenters. The van der Waals surface area contributed by atoms with Crippen LogP contribution in [0.5, 0.6) is 17.4 Å². The van der Waals surface area contributed by atoms with Gasteiger partial charge >= 0.3 is 5.97 Å². The van der Waals surface area contributed by atoms with E-state index in [1.165, 1.54) is 6.20 Å². The quantitative estimate of drug-likeness (QED) is 0.574. The Morgan fingerprint density at radius 2 is 1.79 bits per heavy atom. The normalized spacial score (nSPS) is 13.6. The van der Waals surface area contributed by atoms with Gasteiger partial charge in [0, 0.05) is 25.0 Å². The average Bonchev–Trinajstić information content (AvgIpc) is 2.82. The van der Waals surface area contributed by atoms with Gasteiger partial charge in [0.05, 0.1) is 31.6 Å². The monoisotopic (exact) mass is 449 g/mol. The van der Waals surface area contributed by atoms with E-state index in [2.05, 4.69) is 9.88 Å². The Labute approximate surface area is 192 Å². The molecule has 8 nitrogen and oxygen atoms in total. The lowest BCUT2D eigenvalue weighted by Crippen LogP contribution is -2.36. The summed E-state index contributed by atoms with van der Waals surface area (Å²) in [6.07, 6.45) is 1.23. The first-order valence-corrected chi connectivity index (χ1v) is 10.7. The molecule has 0 atom stereocenters. The molecule has 8 heteroatoms. The number of aryl methyl sites for hydroxylation is 1. The van der Waals surface area contributed by atoms with Gasteiger partial charge in [-0.2, -0.15) is 0 Å². The van der Waals surface area contributed by atoms with Crippen LogP contribution in [0.1, 0.15) is 21.5 Å². The van der Waals surface area contributed by atoms with Crippen molar-refractivity contribution in [2.75, 3.05) is 44.0 Å². The van der Waals surface area contributed by atoms with Crippen molar-refractivity contribution in [3.05, 3.63) is 59.3 Å². The van der Waals surface area contributed by atoms with Crippen molar-refractivity contribution in [3.63, 3.8) is 0 Å². The Hall–Kier alpha value is -3.78. The number of carbonyl (C=O) groups is 1. The van der Waals surface area contributed by atoms with E-state index in [0.29, 0.717) is 30.3 Å². The Balaban J connectivity index is 1.77. The van der Waals surface area contributed by atoms with Gasteiger partial charge in [-0.1, -0.05) is 6.07 Å². The molecule has 2 heterocycles. The fraction of sp³-hybridized carbons (Fsp3) is 0.280. The molecule has 0 spiro atoms. The Kier molecular flexibility index (Phi) is 6.37. The Bertz CT molecular complexity index is 1170. The molecule has 3 aromatic rings. The lowest BCUT2D eigenvalue weighted by Gasteiger charge is -2.28. The van der Waals surface area contributed by atoms with Crippen molar-refractivity contribution in [3.8, 4) is 28.5 Å². The van der Waals surface area contributed by atoms with Crippen molar-refractivity contribution in [2.45, 2.75) is 13.8 Å². The SMILES string of the molecule is COc1ccc(C)c(-c2c(Oc3ccc(N4CCOCC4)cc3)ncc(C(=O)O)c2N)c1C. The first-order chi connectivity index (χ1) is 15.9. The van der Waals surface area contributed by atoms with E-state index in [4.69, 9.17) is 19.9 Å². The van der Waals surface area contributed by atoms with Crippen molar-refractivity contribution in [2.24, 2.45) is 0 Å². The number of nitrogens with zero attached hydrogens (tertiary/aromatic N) is 2. The summed E-state index contributed by atoms with van der Waals surface area (Å²) in [5.41, 5.74) is 10.3. The third kappa shape index (κ3) is 4.42. The molecule has 0 bridgehead atoms. The number of hydrogen-bond acceptors (Lipinski definition) is 7. The summed E-state index contributed by atoms with van der Waals surface area (Å²) < 4.78 is 17.0. The third-order valence-corrected chi connectivity index (χ3v) is 5.84. The fourth-order valence-electron chi connectivity index (χ4n) is 4.09. The molecule has 1 saturated heterocycles. The molecule has 1 aliphatic heterocycles. The number of nitrogen functional groups attached to an aromatic ring is 1. The zero-order valence-corrected chi connectivity index (χ0v) is 18.9. The second-order valence-electron chi connectivity index (χ2n) is 7.85. The van der Waals surface area contributed by atoms with Crippen LogP contribution in [0.2, 0.25) is 0 Å². The second kappa shape index (κ2) is 9.38. The van der Waals surface area contributed by atoms with Crippen LogP contribution in [0.25, 0.3) is 11.1 Å². The molecule has 4 rings (SSSR count). The number of anilines is 2. The van der Waals surface area contributed by atoms with Crippen LogP contribution in [0.4, 0.5) is 11.4 Å². The maximum atomic E-state index is 11.8. The van der Waals surface area contributed by atoms with Gasteiger partial charge < -0.3 is 30.0 Å². The van der Waals surface area contributed by atoms with Crippen molar-refractivity contribution in [1.29, 1.82) is 0 Å². The Morgan fingerprint density at radius 1 is 1.09 bits per heavy atom. The standard InChI is InChI=1S/C25H27N3O5/c1-15-4-9-20(31-3)16(2)21(15)22-23(26)19(25(29)30)14-27-24(22)33-18-7-5-17(6-8-18)28-10-12-32-13-11-28/h4-9,14H,10-13H2,1-3H3,(H2,26,27)(H,29,30). The minimum atomic E-state index is -1.15. The number of aromatic nitrogens is 1. The van der Waals surface area contributed by atoms with Crippen LogP contribution >= 0.6 is 0 Å². The average molecular weight is 450 g/mol. The van der Waals surface area contributed by atoms with Gasteiger partial charge in [0.1, 0.15) is 17.1 Å². The predicted octanol–water partition coefficient (Wildman–Crippen LogP) is 4.28. The fourth-order valence-corrected chi connectivity index (χ4v) is 4.09. The topological polar surface area (TPSA) is 107 Å². The van der Waals surface area contributed by atoms with Gasteiger partial charge in [-0.3, -0.25) is 0 Å². The summed E-state index contributed by atoms with van der Waals surface area (Å²) in [6.45, 7) is 6.92. The highest BCUT2D eigenvalue weighted by Gasteiger charge is 2.24. The smallest absolute Gasteiger partial charge is 0.339 e. The van der Waals surface area contributed by atoms with Crippen molar-refractivity contribution < 1.29 is 24.1 Å². The number of pyridine rings is 1. The van der Waals surface area contributed by atoms with Gasteiger partial charge in [0.15, 0.2) is 0 Å². The number of nitrogens with two attached hydrogens (primary N) is 1. The number of rotatable bonds is 6. The molecule has 0 aliphatic carbocycles. The molecule has 1 aromatic heterocycles. The van der Waals surface area contributed by atoms with Gasteiger partial charge in [-0.25, -0.2) is 9.78 Å². The van der Waals surface area contributed by atoms with Crippen LogP contribution in [-0.2, 0) is 4.74 Å². The summed E-state index contributed by atoms with van der Waals surface area (Å²) in [6, 6.07) is 11.5. The summed E-state index contributed by atoms with van der Waals surface area (Å²) >= 11 is 0. The number of carboxylic acid groups (broad SMARTS) is 1. The third-order valence-electron chi connectivity index (χ3n) is 5.84. The molecule has 0 amide bonds. The predicted molar refractivity (Wildman–Crippen MR) is 127 cm³/mol. The van der Waals surface area contributed by atoms with Crippen molar-refractivity contribution in [1.82, 2.24) is 4.98 Å². The molecule has 0 radical (unpaired) electrons. The maximum absolute atomic E-state index is 11.8. The maximum Gasteiger partial charge on any atom is 0.339 e. The van der Waals surface area contributed by atoms with E-state index in [-0.39, 0.29) is 17.1 Å². The van der Waals surface area contributed by atoms with Gasteiger partial charge in [-0.15, -0.1) is 0 Å². The van der Waals surface area contributed by atoms with E-state index in [1.54, 1.807) is 7.11 Å². The molecule has 172 valence electrons. The minimum absolute atomic E-state index is 0.0818. The molecular weight excluding hydrogens is 422 g/mol. The highest BCUT2D eigenvalue weighted by atomic mass is 16.5. The molecule has 2 aromatic carbocycles. The van der Waals surface area contributed by atoms with Gasteiger partial charge in [0.2, 0.25) is 5.88 Å². The van der Waals surface area contributed by atoms with Crippen molar-refractivity contribution >= 4 is 17.3 Å². The molecule has 3 N–H and O–H groups in total. The number of hydrogen-bond donors (Lipinski definition) is 2. The number of aromatic carboxylic acids is 1. The lowest BCUT2D eigenvalue weighted by atomic mass is 9.93. The number of methoxy groups -OCH3 is 1. The largest absolute Gasteiger partial charge is 0.496 e. The number of carboxylic acids is 1. The first kappa shape index (κ1) is 22.4.